The minimum atomic E-state index is -3.81. The van der Waals surface area contributed by atoms with Crippen LogP contribution in [-0.2, 0) is 20.7 Å². The van der Waals surface area contributed by atoms with E-state index in [1.54, 1.807) is 18.2 Å². The molecule has 0 N–H and O–H groups in total. The fraction of sp³-hybridized carbons (Fsp3) is 0.250. The predicted octanol–water partition coefficient (Wildman–Crippen LogP) is 4.42. The number of ether oxygens (including phenoxy) is 1. The monoisotopic (exact) mass is 416 g/mol. The molecule has 122 valence electrons. The van der Waals surface area contributed by atoms with E-state index in [4.69, 9.17) is 16.3 Å². The van der Waals surface area contributed by atoms with Gasteiger partial charge in [-0.2, -0.15) is 8.42 Å². The first-order chi connectivity index (χ1) is 10.8. The van der Waals surface area contributed by atoms with E-state index < -0.39 is 16.2 Å². The molecule has 0 radical (unpaired) electrons. The minimum Gasteiger partial charge on any atom is -0.484 e. The van der Waals surface area contributed by atoms with Crippen LogP contribution < -0.4 is 4.74 Å². The van der Waals surface area contributed by atoms with E-state index in [1.807, 2.05) is 19.1 Å². The van der Waals surface area contributed by atoms with Crippen molar-refractivity contribution in [2.45, 2.75) is 24.3 Å². The van der Waals surface area contributed by atoms with Gasteiger partial charge >= 0.3 is 0 Å². The number of aryl methyl sites for hydroxylation is 1. The Kier molecular flexibility index (Phi) is 4.44. The lowest BCUT2D eigenvalue weighted by Crippen LogP contribution is -2.12. The Balaban J connectivity index is 2.08. The number of rotatable bonds is 3. The summed E-state index contributed by atoms with van der Waals surface area (Å²) in [5.41, 5.74) is 2.48. The summed E-state index contributed by atoms with van der Waals surface area (Å²) in [7, 11) is -2.65. The van der Waals surface area contributed by atoms with Gasteiger partial charge in [0.05, 0.1) is 11.6 Å². The summed E-state index contributed by atoms with van der Waals surface area (Å²) in [6, 6.07) is 8.70. The molecule has 0 fully saturated rings. The molecule has 3 rings (SSSR count). The van der Waals surface area contributed by atoms with E-state index in [9.17, 15) is 8.42 Å². The van der Waals surface area contributed by atoms with Gasteiger partial charge in [0.1, 0.15) is 16.7 Å². The first kappa shape index (κ1) is 16.8. The molecule has 0 aliphatic carbocycles. The van der Waals surface area contributed by atoms with Crippen molar-refractivity contribution in [3.8, 4) is 5.75 Å². The highest BCUT2D eigenvalue weighted by molar-refractivity contribution is 9.10. The Labute approximate surface area is 148 Å². The number of benzene rings is 2. The highest BCUT2D eigenvalue weighted by Gasteiger charge is 2.31. The van der Waals surface area contributed by atoms with Crippen LogP contribution in [0, 0.1) is 6.92 Å². The first-order valence-electron chi connectivity index (χ1n) is 6.87. The number of hydrogen-bond acceptors (Lipinski definition) is 4. The molecule has 0 aromatic heterocycles. The molecule has 23 heavy (non-hydrogen) atoms. The van der Waals surface area contributed by atoms with Crippen LogP contribution in [0.3, 0.4) is 0 Å². The van der Waals surface area contributed by atoms with Crippen molar-refractivity contribution in [3.63, 3.8) is 0 Å². The molecular formula is C16H14BrClO4S. The summed E-state index contributed by atoms with van der Waals surface area (Å²) < 4.78 is 35.8. The Hall–Kier alpha value is -1.08. The largest absolute Gasteiger partial charge is 0.484 e. The van der Waals surface area contributed by atoms with Gasteiger partial charge in [-0.3, -0.25) is 4.18 Å². The Bertz CT molecular complexity index is 880. The average molecular weight is 418 g/mol. The van der Waals surface area contributed by atoms with Crippen molar-refractivity contribution in [3.05, 3.63) is 56.5 Å². The number of hydrogen-bond donors (Lipinski definition) is 0. The smallest absolute Gasteiger partial charge is 0.297 e. The molecule has 1 aliphatic rings. The van der Waals surface area contributed by atoms with Crippen molar-refractivity contribution >= 4 is 37.6 Å². The third-order valence-corrected chi connectivity index (χ3v) is 5.91. The van der Waals surface area contributed by atoms with Gasteiger partial charge in [-0.25, -0.2) is 0 Å². The molecule has 0 bridgehead atoms. The SMILES string of the molecule is COS(=O)(=O)c1ccc(C)cc1C1Cc2cc(Cl)cc(Br)c2O1. The van der Waals surface area contributed by atoms with Crippen LogP contribution in [-0.4, -0.2) is 15.5 Å². The van der Waals surface area contributed by atoms with Crippen LogP contribution in [0.2, 0.25) is 5.02 Å². The Morgan fingerprint density at radius 2 is 2.04 bits per heavy atom. The summed E-state index contributed by atoms with van der Waals surface area (Å²) in [5.74, 6) is 0.696. The normalized spacial score (nSPS) is 17.0. The highest BCUT2D eigenvalue weighted by Crippen LogP contribution is 2.44. The van der Waals surface area contributed by atoms with E-state index in [-0.39, 0.29) is 4.90 Å². The number of halogens is 2. The van der Waals surface area contributed by atoms with Crippen molar-refractivity contribution in [2.75, 3.05) is 7.11 Å². The molecule has 1 atom stereocenters. The molecule has 0 saturated heterocycles. The molecule has 4 nitrogen and oxygen atoms in total. The van der Waals surface area contributed by atoms with Gasteiger partial charge in [-0.15, -0.1) is 0 Å². The zero-order chi connectivity index (χ0) is 16.8. The fourth-order valence-corrected chi connectivity index (χ4v) is 4.55. The van der Waals surface area contributed by atoms with Gasteiger partial charge in [0, 0.05) is 22.6 Å². The van der Waals surface area contributed by atoms with E-state index in [2.05, 4.69) is 20.1 Å². The summed E-state index contributed by atoms with van der Waals surface area (Å²) in [5, 5.41) is 0.605. The van der Waals surface area contributed by atoms with Crippen LogP contribution in [0.5, 0.6) is 5.75 Å². The van der Waals surface area contributed by atoms with Crippen molar-refractivity contribution < 1.29 is 17.3 Å². The second kappa shape index (κ2) is 6.09. The van der Waals surface area contributed by atoms with E-state index in [1.165, 1.54) is 0 Å². The van der Waals surface area contributed by atoms with Crippen LogP contribution in [0.15, 0.2) is 39.7 Å². The lowest BCUT2D eigenvalue weighted by atomic mass is 10.0. The molecule has 1 unspecified atom stereocenters. The summed E-state index contributed by atoms with van der Waals surface area (Å²) in [6.07, 6.45) is 0.143. The van der Waals surface area contributed by atoms with E-state index >= 15 is 0 Å². The highest BCUT2D eigenvalue weighted by atomic mass is 79.9. The average Bonchev–Trinajstić information content (AvgIpc) is 2.91. The zero-order valence-corrected chi connectivity index (χ0v) is 15.6. The molecule has 2 aromatic rings. The van der Waals surface area contributed by atoms with Gasteiger partial charge in [-0.05, 0) is 41.1 Å². The first-order valence-corrected chi connectivity index (χ1v) is 9.45. The van der Waals surface area contributed by atoms with Gasteiger partial charge in [0.25, 0.3) is 10.1 Å². The maximum Gasteiger partial charge on any atom is 0.297 e. The van der Waals surface area contributed by atoms with Crippen molar-refractivity contribution in [2.24, 2.45) is 0 Å². The van der Waals surface area contributed by atoms with Crippen molar-refractivity contribution in [1.82, 2.24) is 0 Å². The van der Waals surface area contributed by atoms with Crippen LogP contribution in [0.1, 0.15) is 22.8 Å². The second-order valence-corrected chi connectivity index (χ2v) is 8.32. The summed E-state index contributed by atoms with van der Waals surface area (Å²) >= 11 is 9.50. The lowest BCUT2D eigenvalue weighted by molar-refractivity contribution is 0.233. The Morgan fingerprint density at radius 1 is 1.30 bits per heavy atom. The standard InChI is InChI=1S/C16H14BrClO4S/c1-9-3-4-15(23(19,20)21-2)12(5-9)14-7-10-6-11(18)8-13(17)16(10)22-14/h3-6,8,14H,7H2,1-2H3. The third-order valence-electron chi connectivity index (χ3n) is 3.75. The quantitative estimate of drug-likeness (QED) is 0.694. The Morgan fingerprint density at radius 3 is 2.74 bits per heavy atom. The van der Waals surface area contributed by atoms with Crippen LogP contribution in [0.25, 0.3) is 0 Å². The summed E-state index contributed by atoms with van der Waals surface area (Å²) in [4.78, 5) is 0.130. The van der Waals surface area contributed by atoms with Gasteiger partial charge in [0.2, 0.25) is 0 Å². The second-order valence-electron chi connectivity index (χ2n) is 5.35. The lowest BCUT2D eigenvalue weighted by Gasteiger charge is -2.16. The van der Waals surface area contributed by atoms with Crippen LogP contribution >= 0.6 is 27.5 Å². The third kappa shape index (κ3) is 3.13. The number of fused-ring (bicyclic) bond motifs is 1. The molecule has 0 saturated carbocycles. The minimum absolute atomic E-state index is 0.130. The van der Waals surface area contributed by atoms with E-state index in [0.29, 0.717) is 22.8 Å². The maximum absolute atomic E-state index is 12.2. The fourth-order valence-electron chi connectivity index (χ4n) is 2.69. The predicted molar refractivity (Wildman–Crippen MR) is 91.6 cm³/mol. The molecule has 1 heterocycles. The molecule has 0 spiro atoms. The topological polar surface area (TPSA) is 52.6 Å². The molecular weight excluding hydrogens is 404 g/mol. The van der Waals surface area contributed by atoms with Gasteiger partial charge in [-0.1, -0.05) is 29.3 Å². The van der Waals surface area contributed by atoms with Crippen molar-refractivity contribution in [1.29, 1.82) is 0 Å². The zero-order valence-electron chi connectivity index (χ0n) is 12.5. The maximum atomic E-state index is 12.2. The van der Waals surface area contributed by atoms with Crippen LogP contribution in [0.4, 0.5) is 0 Å². The molecule has 1 aliphatic heterocycles. The molecule has 7 heteroatoms. The van der Waals surface area contributed by atoms with Gasteiger partial charge < -0.3 is 4.74 Å². The molecule has 0 amide bonds. The summed E-state index contributed by atoms with van der Waals surface area (Å²) in [6.45, 7) is 1.90. The van der Waals surface area contributed by atoms with Gasteiger partial charge in [0.15, 0.2) is 0 Å². The van der Waals surface area contributed by atoms with E-state index in [0.717, 1.165) is 22.7 Å². The molecule has 2 aromatic carbocycles.